The van der Waals surface area contributed by atoms with Crippen molar-refractivity contribution in [1.82, 2.24) is 10.3 Å². The maximum atomic E-state index is 12.2. The second-order valence-electron chi connectivity index (χ2n) is 6.04. The minimum Gasteiger partial charge on any atom is -0.489 e. The first-order valence-corrected chi connectivity index (χ1v) is 8.06. The fourth-order valence-electron chi connectivity index (χ4n) is 2.98. The van der Waals surface area contributed by atoms with E-state index in [2.05, 4.69) is 10.3 Å². The van der Waals surface area contributed by atoms with E-state index in [1.165, 1.54) is 0 Å². The largest absolute Gasteiger partial charge is 0.489 e. The maximum absolute atomic E-state index is 12.2. The highest BCUT2D eigenvalue weighted by atomic mass is 16.5. The molecule has 0 aromatic carbocycles. The van der Waals surface area contributed by atoms with Gasteiger partial charge in [-0.05, 0) is 57.7 Å². The second-order valence-corrected chi connectivity index (χ2v) is 6.04. The summed E-state index contributed by atoms with van der Waals surface area (Å²) in [5.41, 5.74) is 1.53. The van der Waals surface area contributed by atoms with Crippen molar-refractivity contribution < 1.29 is 13.9 Å². The number of ether oxygens (including phenoxy) is 1. The molecule has 3 rings (SSSR count). The normalized spacial score (nSPS) is 21.0. The molecule has 0 bridgehead atoms. The van der Waals surface area contributed by atoms with Crippen LogP contribution in [0.5, 0.6) is 5.75 Å². The maximum Gasteiger partial charge on any atom is 0.255 e. The fraction of sp³-hybridized carbons (Fsp3) is 0.444. The van der Waals surface area contributed by atoms with Crippen molar-refractivity contribution >= 4 is 5.91 Å². The molecular weight excluding hydrogens is 292 g/mol. The lowest BCUT2D eigenvalue weighted by Crippen LogP contribution is -2.39. The highest BCUT2D eigenvalue weighted by molar-refractivity contribution is 5.95. The zero-order valence-corrected chi connectivity index (χ0v) is 13.5. The van der Waals surface area contributed by atoms with Crippen LogP contribution in [0.4, 0.5) is 0 Å². The Labute approximate surface area is 136 Å². The monoisotopic (exact) mass is 314 g/mol. The van der Waals surface area contributed by atoms with Crippen molar-refractivity contribution in [3.63, 3.8) is 0 Å². The van der Waals surface area contributed by atoms with Gasteiger partial charge in [0, 0.05) is 12.2 Å². The number of hydrogen-bond donors (Lipinski definition) is 1. The first-order valence-electron chi connectivity index (χ1n) is 8.06. The SMILES string of the molecule is Cc1ncccc1OC1CCC(NC(=O)c2ccoc2C)CC1. The van der Waals surface area contributed by atoms with Gasteiger partial charge in [0.1, 0.15) is 11.5 Å². The highest BCUT2D eigenvalue weighted by Crippen LogP contribution is 2.25. The van der Waals surface area contributed by atoms with Crippen molar-refractivity contribution in [2.75, 3.05) is 0 Å². The molecule has 0 radical (unpaired) electrons. The summed E-state index contributed by atoms with van der Waals surface area (Å²) in [5.74, 6) is 1.46. The molecule has 2 aromatic heterocycles. The molecule has 0 atom stereocenters. The molecule has 1 N–H and O–H groups in total. The van der Waals surface area contributed by atoms with E-state index in [0.29, 0.717) is 11.3 Å². The van der Waals surface area contributed by atoms with E-state index in [-0.39, 0.29) is 18.1 Å². The van der Waals surface area contributed by atoms with Gasteiger partial charge in [0.15, 0.2) is 0 Å². The number of aryl methyl sites for hydroxylation is 2. The number of carbonyl (C=O) groups excluding carboxylic acids is 1. The Kier molecular flexibility index (Phi) is 4.65. The smallest absolute Gasteiger partial charge is 0.255 e. The van der Waals surface area contributed by atoms with Gasteiger partial charge < -0.3 is 14.5 Å². The molecule has 1 fully saturated rings. The number of hydrogen-bond acceptors (Lipinski definition) is 4. The Bertz CT molecular complexity index is 672. The third-order valence-corrected chi connectivity index (χ3v) is 4.36. The summed E-state index contributed by atoms with van der Waals surface area (Å²) in [7, 11) is 0. The van der Waals surface area contributed by atoms with E-state index in [9.17, 15) is 4.79 Å². The van der Waals surface area contributed by atoms with Crippen LogP contribution in [0.25, 0.3) is 0 Å². The third-order valence-electron chi connectivity index (χ3n) is 4.36. The van der Waals surface area contributed by atoms with Crippen molar-refractivity contribution in [2.24, 2.45) is 0 Å². The van der Waals surface area contributed by atoms with Crippen LogP contribution in [0.2, 0.25) is 0 Å². The lowest BCUT2D eigenvalue weighted by molar-refractivity contribution is 0.0891. The van der Waals surface area contributed by atoms with Crippen molar-refractivity contribution in [3.05, 3.63) is 47.7 Å². The number of nitrogens with zero attached hydrogens (tertiary/aromatic N) is 1. The van der Waals surface area contributed by atoms with Crippen LogP contribution in [0.3, 0.4) is 0 Å². The van der Waals surface area contributed by atoms with Gasteiger partial charge in [-0.3, -0.25) is 9.78 Å². The Morgan fingerprint density at radius 1 is 1.26 bits per heavy atom. The van der Waals surface area contributed by atoms with Crippen LogP contribution >= 0.6 is 0 Å². The molecule has 1 saturated carbocycles. The number of amides is 1. The summed E-state index contributed by atoms with van der Waals surface area (Å²) in [4.78, 5) is 16.4. The Morgan fingerprint density at radius 3 is 2.70 bits per heavy atom. The quantitative estimate of drug-likeness (QED) is 0.939. The van der Waals surface area contributed by atoms with Crippen LogP contribution in [0, 0.1) is 13.8 Å². The van der Waals surface area contributed by atoms with E-state index in [1.54, 1.807) is 25.5 Å². The first kappa shape index (κ1) is 15.6. The summed E-state index contributed by atoms with van der Waals surface area (Å²) in [6, 6.07) is 5.76. The molecule has 23 heavy (non-hydrogen) atoms. The van der Waals surface area contributed by atoms with E-state index >= 15 is 0 Å². The Hall–Kier alpha value is -2.30. The predicted molar refractivity (Wildman–Crippen MR) is 86.6 cm³/mol. The first-order chi connectivity index (χ1) is 11.1. The molecule has 2 aromatic rings. The second kappa shape index (κ2) is 6.86. The minimum absolute atomic E-state index is 0.0521. The zero-order chi connectivity index (χ0) is 16.2. The van der Waals surface area contributed by atoms with Crippen molar-refractivity contribution in [3.8, 4) is 5.75 Å². The molecule has 1 aliphatic rings. The number of carbonyl (C=O) groups is 1. The molecule has 5 nitrogen and oxygen atoms in total. The molecule has 5 heteroatoms. The van der Waals surface area contributed by atoms with Gasteiger partial charge in [0.25, 0.3) is 5.91 Å². The standard InChI is InChI=1S/C18H22N2O3/c1-12-17(4-3-10-19-12)23-15-7-5-14(6-8-15)20-18(21)16-9-11-22-13(16)2/h3-4,9-11,14-15H,5-8H2,1-2H3,(H,20,21). The number of rotatable bonds is 4. The van der Waals surface area contributed by atoms with Gasteiger partial charge in [-0.1, -0.05) is 0 Å². The lowest BCUT2D eigenvalue weighted by atomic mass is 9.92. The molecule has 122 valence electrons. The summed E-state index contributed by atoms with van der Waals surface area (Å²) < 4.78 is 11.2. The zero-order valence-electron chi connectivity index (χ0n) is 13.5. The van der Waals surface area contributed by atoms with Gasteiger partial charge >= 0.3 is 0 Å². The van der Waals surface area contributed by atoms with Crippen LogP contribution < -0.4 is 10.1 Å². The Morgan fingerprint density at radius 2 is 2.04 bits per heavy atom. The van der Waals surface area contributed by atoms with Crippen LogP contribution in [-0.4, -0.2) is 23.0 Å². The molecule has 0 saturated heterocycles. The van der Waals surface area contributed by atoms with E-state index in [0.717, 1.165) is 37.1 Å². The molecule has 2 heterocycles. The van der Waals surface area contributed by atoms with Crippen LogP contribution in [-0.2, 0) is 0 Å². The van der Waals surface area contributed by atoms with Gasteiger partial charge in [-0.15, -0.1) is 0 Å². The molecule has 1 amide bonds. The van der Waals surface area contributed by atoms with Crippen LogP contribution in [0.1, 0.15) is 47.5 Å². The summed E-state index contributed by atoms with van der Waals surface area (Å²) in [6.45, 7) is 3.75. The number of pyridine rings is 1. The van der Waals surface area contributed by atoms with Gasteiger partial charge in [0.2, 0.25) is 0 Å². The third kappa shape index (κ3) is 3.73. The molecule has 1 aliphatic carbocycles. The summed E-state index contributed by atoms with van der Waals surface area (Å²) in [6.07, 6.45) is 7.23. The predicted octanol–water partition coefficient (Wildman–Crippen LogP) is 3.41. The fourth-order valence-corrected chi connectivity index (χ4v) is 2.98. The summed E-state index contributed by atoms with van der Waals surface area (Å²) >= 11 is 0. The lowest BCUT2D eigenvalue weighted by Gasteiger charge is -2.29. The van der Waals surface area contributed by atoms with E-state index in [1.807, 2.05) is 19.1 Å². The number of aromatic nitrogens is 1. The molecule has 0 aliphatic heterocycles. The minimum atomic E-state index is -0.0521. The topological polar surface area (TPSA) is 64.4 Å². The molecule has 0 spiro atoms. The van der Waals surface area contributed by atoms with E-state index < -0.39 is 0 Å². The van der Waals surface area contributed by atoms with Gasteiger partial charge in [-0.25, -0.2) is 0 Å². The summed E-state index contributed by atoms with van der Waals surface area (Å²) in [5, 5.41) is 3.09. The molecule has 0 unspecified atom stereocenters. The van der Waals surface area contributed by atoms with Crippen molar-refractivity contribution in [2.45, 2.75) is 51.7 Å². The molecular formula is C18H22N2O3. The van der Waals surface area contributed by atoms with Crippen molar-refractivity contribution in [1.29, 1.82) is 0 Å². The Balaban J connectivity index is 1.50. The number of nitrogens with one attached hydrogen (secondary N) is 1. The van der Waals surface area contributed by atoms with E-state index in [4.69, 9.17) is 9.15 Å². The average molecular weight is 314 g/mol. The van der Waals surface area contributed by atoms with Gasteiger partial charge in [-0.2, -0.15) is 0 Å². The van der Waals surface area contributed by atoms with Crippen LogP contribution in [0.15, 0.2) is 35.1 Å². The average Bonchev–Trinajstić information content (AvgIpc) is 2.98. The van der Waals surface area contributed by atoms with Gasteiger partial charge in [0.05, 0.1) is 23.6 Å². The number of furan rings is 1. The highest BCUT2D eigenvalue weighted by Gasteiger charge is 2.25.